The van der Waals surface area contributed by atoms with E-state index in [1.54, 1.807) is 13.8 Å². The van der Waals surface area contributed by atoms with Crippen molar-refractivity contribution in [1.82, 2.24) is 0 Å². The van der Waals surface area contributed by atoms with Crippen LogP contribution in [0.15, 0.2) is 0 Å². The summed E-state index contributed by atoms with van der Waals surface area (Å²) < 4.78 is 0. The van der Waals surface area contributed by atoms with Gasteiger partial charge < -0.3 is 19.5 Å². The topological polar surface area (TPSA) is 80.9 Å². The van der Waals surface area contributed by atoms with Gasteiger partial charge in [0.2, 0.25) is 0 Å². The molecule has 0 bridgehead atoms. The van der Waals surface area contributed by atoms with Gasteiger partial charge in [-0.15, -0.1) is 0 Å². The van der Waals surface area contributed by atoms with Crippen molar-refractivity contribution in [3.8, 4) is 0 Å². The van der Waals surface area contributed by atoms with E-state index < -0.39 is 25.0 Å². The zero-order chi connectivity index (χ0) is 31.3. The molecule has 0 saturated carbocycles. The van der Waals surface area contributed by atoms with Gasteiger partial charge >= 0.3 is 0 Å². The first kappa shape index (κ1) is 48.9. The number of aliphatic hydroxyl groups is 1. The third-order valence-corrected chi connectivity index (χ3v) is 25.0. The fourth-order valence-electron chi connectivity index (χ4n) is 6.00. The summed E-state index contributed by atoms with van der Waals surface area (Å²) in [5.41, 5.74) is 4.27. The molecule has 0 aliphatic carbocycles. The smallest absolute Gasteiger partial charge is 0.196 e. The molecule has 0 unspecified atom stereocenters. The quantitative estimate of drug-likeness (QED) is 0.191. The molecule has 0 radical (unpaired) electrons. The van der Waals surface area contributed by atoms with Crippen LogP contribution >= 0.6 is 0 Å². The predicted octanol–water partition coefficient (Wildman–Crippen LogP) is 9.85. The van der Waals surface area contributed by atoms with Gasteiger partial charge in [0.25, 0.3) is 0 Å². The Bertz CT molecular complexity index is 410. The van der Waals surface area contributed by atoms with Crippen LogP contribution in [0.3, 0.4) is 0 Å². The normalized spacial score (nSPS) is 12.8. The number of hydrogen-bond acceptors (Lipinski definition) is 4. The average Bonchev–Trinajstić information content (AvgIpc) is 2.70. The maximum Gasteiger partial charge on any atom is 0.196 e. The van der Waals surface area contributed by atoms with E-state index in [1.165, 1.54) is 0 Å². The molecule has 8 heteroatoms. The molecule has 0 aromatic rings. The summed E-state index contributed by atoms with van der Waals surface area (Å²) in [6.45, 7) is 42.1. The Morgan fingerprint density at radius 1 is 0.289 bits per heavy atom. The molecule has 0 rings (SSSR count). The molecule has 0 aromatic heterocycles. The van der Waals surface area contributed by atoms with Crippen molar-refractivity contribution in [3.63, 3.8) is 0 Å². The standard InChI is InChI=1S/3C9H22OSi.C3H8O.Ti/c3*1-7(2)11(10,8(3)4)9(5)6;1-3(2)4;/h3*7-10H,1-6H3;3-4H,1-2H3;. The summed E-state index contributed by atoms with van der Waals surface area (Å²) in [6, 6.07) is 0. The number of rotatable bonds is 9. The van der Waals surface area contributed by atoms with E-state index in [-0.39, 0.29) is 27.8 Å². The summed E-state index contributed by atoms with van der Waals surface area (Å²) in [7, 11) is -5.94. The molecular formula is C30H74O4Si3Ti. The van der Waals surface area contributed by atoms with Crippen LogP contribution in [0.2, 0.25) is 49.9 Å². The number of aliphatic hydroxyl groups excluding tert-OH is 1. The Hall–Kier alpha value is 1.20. The summed E-state index contributed by atoms with van der Waals surface area (Å²) in [6.07, 6.45) is -0.167. The first-order chi connectivity index (χ1) is 16.2. The number of hydrogen-bond donors (Lipinski definition) is 4. The largest absolute Gasteiger partial charge is 0.431 e. The molecule has 0 amide bonds. The van der Waals surface area contributed by atoms with Gasteiger partial charge in [-0.25, -0.2) is 0 Å². The molecule has 0 aliphatic rings. The van der Waals surface area contributed by atoms with Gasteiger partial charge in [-0.2, -0.15) is 0 Å². The summed E-state index contributed by atoms with van der Waals surface area (Å²) >= 11 is 0. The van der Waals surface area contributed by atoms with E-state index in [2.05, 4.69) is 125 Å². The second-order valence-electron chi connectivity index (χ2n) is 14.1. The molecule has 0 aromatic carbocycles. The molecule has 0 saturated heterocycles. The molecule has 0 heterocycles. The van der Waals surface area contributed by atoms with Gasteiger partial charge in [0.15, 0.2) is 25.0 Å². The van der Waals surface area contributed by atoms with E-state index in [0.29, 0.717) is 49.9 Å². The predicted molar refractivity (Wildman–Crippen MR) is 177 cm³/mol. The molecule has 0 spiro atoms. The molecule has 0 aliphatic heterocycles. The summed E-state index contributed by atoms with van der Waals surface area (Å²) in [4.78, 5) is 31.1. The fourth-order valence-corrected chi connectivity index (χ4v) is 18.0. The SMILES string of the molecule is CC(C)O.CC(C)[Si](O)(C(C)C)C(C)C.CC(C)[Si](O)(C(C)C)C(C)C.CC(C)[Si](O)(C(C)C)C(C)C.[Ti]. The molecule has 4 nitrogen and oxygen atoms in total. The van der Waals surface area contributed by atoms with Gasteiger partial charge in [0, 0.05) is 27.8 Å². The van der Waals surface area contributed by atoms with Crippen LogP contribution < -0.4 is 0 Å². The molecule has 4 N–H and O–H groups in total. The van der Waals surface area contributed by atoms with Crippen LogP contribution in [0.5, 0.6) is 0 Å². The second kappa shape index (κ2) is 21.8. The second-order valence-corrected chi connectivity index (χ2v) is 29.9. The van der Waals surface area contributed by atoms with Crippen LogP contribution in [0.4, 0.5) is 0 Å². The minimum absolute atomic E-state index is 0. The van der Waals surface area contributed by atoms with Gasteiger partial charge in [0.1, 0.15) is 0 Å². The van der Waals surface area contributed by atoms with Crippen molar-refractivity contribution >= 4 is 25.0 Å². The van der Waals surface area contributed by atoms with Crippen molar-refractivity contribution < 1.29 is 41.2 Å². The summed E-state index contributed by atoms with van der Waals surface area (Å²) in [5, 5.41) is 8.06. The van der Waals surface area contributed by atoms with Crippen LogP contribution in [-0.2, 0) is 21.7 Å². The van der Waals surface area contributed by atoms with Crippen molar-refractivity contribution in [1.29, 1.82) is 0 Å². The van der Waals surface area contributed by atoms with Gasteiger partial charge in [-0.05, 0) is 63.7 Å². The van der Waals surface area contributed by atoms with E-state index in [0.717, 1.165) is 0 Å². The van der Waals surface area contributed by atoms with Crippen molar-refractivity contribution in [2.24, 2.45) is 0 Å². The van der Waals surface area contributed by atoms with Crippen LogP contribution in [-0.4, -0.2) is 50.5 Å². The summed E-state index contributed by atoms with van der Waals surface area (Å²) in [5.74, 6) is 0. The van der Waals surface area contributed by atoms with E-state index in [4.69, 9.17) is 5.11 Å². The minimum atomic E-state index is -1.98. The first-order valence-electron chi connectivity index (χ1n) is 15.1. The molecule has 38 heavy (non-hydrogen) atoms. The Morgan fingerprint density at radius 3 is 0.342 bits per heavy atom. The monoisotopic (exact) mass is 630 g/mol. The van der Waals surface area contributed by atoms with Crippen molar-refractivity contribution in [2.45, 2.75) is 194 Å². The average molecular weight is 631 g/mol. The maximum atomic E-state index is 10.4. The van der Waals surface area contributed by atoms with Gasteiger partial charge in [-0.3, -0.25) is 0 Å². The molecule has 0 fully saturated rings. The first-order valence-corrected chi connectivity index (χ1v) is 21.6. The zero-order valence-electron chi connectivity index (χ0n) is 29.6. The third kappa shape index (κ3) is 16.0. The Kier molecular flexibility index (Phi) is 28.1. The molecular weight excluding hydrogens is 556 g/mol. The van der Waals surface area contributed by atoms with E-state index in [9.17, 15) is 14.4 Å². The van der Waals surface area contributed by atoms with E-state index in [1.807, 2.05) is 0 Å². The Morgan fingerprint density at radius 2 is 0.342 bits per heavy atom. The van der Waals surface area contributed by atoms with Crippen molar-refractivity contribution in [2.75, 3.05) is 0 Å². The zero-order valence-corrected chi connectivity index (χ0v) is 34.1. The Labute approximate surface area is 259 Å². The fraction of sp³-hybridized carbons (Fsp3) is 1.00. The van der Waals surface area contributed by atoms with Gasteiger partial charge in [0.05, 0.1) is 0 Å². The Balaban J connectivity index is -0.000000132. The molecule has 0 atom stereocenters. The minimum Gasteiger partial charge on any atom is -0.431 e. The van der Waals surface area contributed by atoms with Gasteiger partial charge in [-0.1, -0.05) is 125 Å². The van der Waals surface area contributed by atoms with Crippen LogP contribution in [0.1, 0.15) is 138 Å². The van der Waals surface area contributed by atoms with Crippen LogP contribution in [0.25, 0.3) is 0 Å². The maximum absolute atomic E-state index is 10.4. The van der Waals surface area contributed by atoms with Crippen molar-refractivity contribution in [3.05, 3.63) is 0 Å². The molecule has 234 valence electrons. The van der Waals surface area contributed by atoms with E-state index >= 15 is 0 Å². The van der Waals surface area contributed by atoms with Crippen LogP contribution in [0, 0.1) is 0 Å². The third-order valence-electron chi connectivity index (χ3n) is 8.32.